The highest BCUT2D eigenvalue weighted by molar-refractivity contribution is 5.81. The molecule has 0 saturated heterocycles. The summed E-state index contributed by atoms with van der Waals surface area (Å²) in [6, 6.07) is 0. The molecule has 0 aromatic carbocycles. The highest BCUT2D eigenvalue weighted by Crippen LogP contribution is 2.59. The second-order valence-electron chi connectivity index (χ2n) is 5.40. The molecule has 3 rings (SSSR count). The first kappa shape index (κ1) is 9.44. The molecule has 0 aliphatic heterocycles. The monoisotopic (exact) mass is 206 g/mol. The van der Waals surface area contributed by atoms with E-state index in [0.29, 0.717) is 0 Å². The van der Waals surface area contributed by atoms with Crippen molar-refractivity contribution in [3.05, 3.63) is 12.7 Å². The Bertz CT molecular complexity index is 279. The standard InChI is InChI=1S/C13H18O2/c1-2-13(14)15-10-6-11-8-3-4-9(5-8)12(11)7-10/h2,8-12H,1,3-7H2/t8-,9+,10?,11-,12-/m0/s1. The van der Waals surface area contributed by atoms with Gasteiger partial charge in [0.05, 0.1) is 0 Å². The van der Waals surface area contributed by atoms with E-state index in [0.717, 1.165) is 36.5 Å². The minimum absolute atomic E-state index is 0.189. The second kappa shape index (κ2) is 3.36. The first-order chi connectivity index (χ1) is 7.28. The number of carbonyl (C=O) groups is 1. The molecule has 2 bridgehead atoms. The van der Waals surface area contributed by atoms with E-state index in [1.165, 1.54) is 25.3 Å². The van der Waals surface area contributed by atoms with Crippen LogP contribution in [-0.2, 0) is 9.53 Å². The fourth-order valence-electron chi connectivity index (χ4n) is 4.28. The lowest BCUT2D eigenvalue weighted by Gasteiger charge is -2.23. The maximum absolute atomic E-state index is 11.1. The summed E-state index contributed by atoms with van der Waals surface area (Å²) >= 11 is 0. The van der Waals surface area contributed by atoms with Crippen molar-refractivity contribution in [2.75, 3.05) is 0 Å². The molecule has 0 heterocycles. The number of esters is 1. The Labute approximate surface area is 90.7 Å². The zero-order chi connectivity index (χ0) is 10.4. The zero-order valence-electron chi connectivity index (χ0n) is 9.02. The number of hydrogen-bond donors (Lipinski definition) is 0. The molecular formula is C13H18O2. The summed E-state index contributed by atoms with van der Waals surface area (Å²) in [5.41, 5.74) is 0. The van der Waals surface area contributed by atoms with Gasteiger partial charge in [-0.25, -0.2) is 4.79 Å². The third-order valence-electron chi connectivity index (χ3n) is 4.79. The minimum Gasteiger partial charge on any atom is -0.459 e. The molecule has 2 nitrogen and oxygen atoms in total. The summed E-state index contributed by atoms with van der Waals surface area (Å²) in [6.45, 7) is 3.44. The molecular weight excluding hydrogens is 188 g/mol. The summed E-state index contributed by atoms with van der Waals surface area (Å²) in [7, 11) is 0. The molecule has 5 atom stereocenters. The number of rotatable bonds is 2. The molecule has 1 unspecified atom stereocenters. The fraction of sp³-hybridized carbons (Fsp3) is 0.769. The van der Waals surface area contributed by atoms with Gasteiger partial charge in [0.1, 0.15) is 6.10 Å². The van der Waals surface area contributed by atoms with Crippen LogP contribution in [-0.4, -0.2) is 12.1 Å². The Hall–Kier alpha value is -0.790. The van der Waals surface area contributed by atoms with Crippen molar-refractivity contribution in [2.24, 2.45) is 23.7 Å². The molecule has 0 aromatic rings. The zero-order valence-corrected chi connectivity index (χ0v) is 9.02. The van der Waals surface area contributed by atoms with Crippen molar-refractivity contribution in [2.45, 2.75) is 38.2 Å². The molecule has 82 valence electrons. The third-order valence-corrected chi connectivity index (χ3v) is 4.79. The van der Waals surface area contributed by atoms with E-state index in [4.69, 9.17) is 4.74 Å². The molecule has 2 heteroatoms. The minimum atomic E-state index is -0.243. The van der Waals surface area contributed by atoms with Gasteiger partial charge in [0.2, 0.25) is 0 Å². The smallest absolute Gasteiger partial charge is 0.330 e. The predicted octanol–water partition coefficient (Wildman–Crippen LogP) is 2.54. The molecule has 0 spiro atoms. The molecule has 3 aliphatic rings. The Morgan fingerprint density at radius 2 is 1.73 bits per heavy atom. The van der Waals surface area contributed by atoms with Crippen LogP contribution in [0.3, 0.4) is 0 Å². The van der Waals surface area contributed by atoms with Crippen molar-refractivity contribution in [1.82, 2.24) is 0 Å². The van der Waals surface area contributed by atoms with Gasteiger partial charge in [0, 0.05) is 6.08 Å². The van der Waals surface area contributed by atoms with Gasteiger partial charge in [0.25, 0.3) is 0 Å². The van der Waals surface area contributed by atoms with Crippen molar-refractivity contribution >= 4 is 5.97 Å². The summed E-state index contributed by atoms with van der Waals surface area (Å²) in [6.07, 6.45) is 8.01. The van der Waals surface area contributed by atoms with Crippen LogP contribution >= 0.6 is 0 Å². The van der Waals surface area contributed by atoms with Crippen LogP contribution in [0.25, 0.3) is 0 Å². The number of ether oxygens (including phenoxy) is 1. The van der Waals surface area contributed by atoms with E-state index in [2.05, 4.69) is 6.58 Å². The lowest BCUT2D eigenvalue weighted by molar-refractivity contribution is -0.142. The Morgan fingerprint density at radius 3 is 2.27 bits per heavy atom. The molecule has 0 N–H and O–H groups in total. The molecule has 0 radical (unpaired) electrons. The van der Waals surface area contributed by atoms with Crippen molar-refractivity contribution < 1.29 is 9.53 Å². The maximum Gasteiger partial charge on any atom is 0.330 e. The quantitative estimate of drug-likeness (QED) is 0.512. The lowest BCUT2D eigenvalue weighted by atomic mass is 9.82. The van der Waals surface area contributed by atoms with E-state index < -0.39 is 0 Å². The molecule has 15 heavy (non-hydrogen) atoms. The van der Waals surface area contributed by atoms with Gasteiger partial charge in [0.15, 0.2) is 0 Å². The van der Waals surface area contributed by atoms with Crippen molar-refractivity contribution in [3.63, 3.8) is 0 Å². The van der Waals surface area contributed by atoms with Crippen molar-refractivity contribution in [3.8, 4) is 0 Å². The summed E-state index contributed by atoms with van der Waals surface area (Å²) in [4.78, 5) is 11.1. The van der Waals surface area contributed by atoms with Crippen LogP contribution in [0, 0.1) is 23.7 Å². The van der Waals surface area contributed by atoms with E-state index >= 15 is 0 Å². The topological polar surface area (TPSA) is 26.3 Å². The summed E-state index contributed by atoms with van der Waals surface area (Å²) < 4.78 is 5.36. The molecule has 3 aliphatic carbocycles. The van der Waals surface area contributed by atoms with Gasteiger partial charge in [-0.1, -0.05) is 6.58 Å². The molecule has 3 saturated carbocycles. The molecule has 0 aromatic heterocycles. The van der Waals surface area contributed by atoms with Crippen LogP contribution in [0.5, 0.6) is 0 Å². The van der Waals surface area contributed by atoms with Gasteiger partial charge in [-0.05, 0) is 55.8 Å². The van der Waals surface area contributed by atoms with Crippen molar-refractivity contribution in [1.29, 1.82) is 0 Å². The summed E-state index contributed by atoms with van der Waals surface area (Å²) in [5.74, 6) is 3.39. The lowest BCUT2D eigenvalue weighted by Crippen LogP contribution is -2.15. The highest BCUT2D eigenvalue weighted by Gasteiger charge is 2.52. The van der Waals surface area contributed by atoms with E-state index in [9.17, 15) is 4.79 Å². The average molecular weight is 206 g/mol. The molecule has 0 amide bonds. The van der Waals surface area contributed by atoms with Gasteiger partial charge in [-0.15, -0.1) is 0 Å². The van der Waals surface area contributed by atoms with E-state index in [1.807, 2.05) is 0 Å². The number of carbonyl (C=O) groups excluding carboxylic acids is 1. The fourth-order valence-corrected chi connectivity index (χ4v) is 4.28. The predicted molar refractivity (Wildman–Crippen MR) is 57.1 cm³/mol. The van der Waals surface area contributed by atoms with Crippen LogP contribution < -0.4 is 0 Å². The summed E-state index contributed by atoms with van der Waals surface area (Å²) in [5, 5.41) is 0. The SMILES string of the molecule is C=CC(=O)OC1C[C@H]2[C@@H]3CC[C@@H](C3)[C@@H]2C1. The average Bonchev–Trinajstić information content (AvgIpc) is 2.87. The van der Waals surface area contributed by atoms with Gasteiger partial charge in [-0.2, -0.15) is 0 Å². The van der Waals surface area contributed by atoms with Crippen LogP contribution in [0.2, 0.25) is 0 Å². The largest absolute Gasteiger partial charge is 0.459 e. The van der Waals surface area contributed by atoms with Gasteiger partial charge >= 0.3 is 5.97 Å². The van der Waals surface area contributed by atoms with Crippen LogP contribution in [0.15, 0.2) is 12.7 Å². The van der Waals surface area contributed by atoms with Gasteiger partial charge in [-0.3, -0.25) is 0 Å². The number of hydrogen-bond acceptors (Lipinski definition) is 2. The van der Waals surface area contributed by atoms with Crippen LogP contribution in [0.1, 0.15) is 32.1 Å². The number of fused-ring (bicyclic) bond motifs is 5. The Kier molecular flexibility index (Phi) is 2.11. The Balaban J connectivity index is 1.64. The van der Waals surface area contributed by atoms with Crippen LogP contribution in [0.4, 0.5) is 0 Å². The maximum atomic E-state index is 11.1. The van der Waals surface area contributed by atoms with E-state index in [1.54, 1.807) is 0 Å². The highest BCUT2D eigenvalue weighted by atomic mass is 16.5. The first-order valence-corrected chi connectivity index (χ1v) is 6.11. The van der Waals surface area contributed by atoms with Gasteiger partial charge < -0.3 is 4.74 Å². The van der Waals surface area contributed by atoms with E-state index in [-0.39, 0.29) is 12.1 Å². The Morgan fingerprint density at radius 1 is 1.13 bits per heavy atom. The third kappa shape index (κ3) is 1.42. The second-order valence-corrected chi connectivity index (χ2v) is 5.40. The normalized spacial score (nSPS) is 46.5. The molecule has 3 fully saturated rings. The first-order valence-electron chi connectivity index (χ1n) is 6.11.